The molecule has 2 aliphatic rings. The quantitative estimate of drug-likeness (QED) is 0.0903. The third-order valence-corrected chi connectivity index (χ3v) is 12.2. The number of nitrogen functional groups attached to an aromatic ring is 1. The van der Waals surface area contributed by atoms with Gasteiger partial charge in [0.25, 0.3) is 6.47 Å². The molecule has 2 aliphatic heterocycles. The molecule has 0 radical (unpaired) electrons. The van der Waals surface area contributed by atoms with Crippen LogP contribution in [0.2, 0.25) is 0 Å². The third-order valence-electron chi connectivity index (χ3n) is 12.2. The molecule has 0 aliphatic carbocycles. The van der Waals surface area contributed by atoms with Gasteiger partial charge < -0.3 is 45.5 Å². The summed E-state index contributed by atoms with van der Waals surface area (Å²) < 4.78 is 17.0. The summed E-state index contributed by atoms with van der Waals surface area (Å²) in [5, 5.41) is 12.8. The van der Waals surface area contributed by atoms with Crippen LogP contribution >= 0.6 is 0 Å². The van der Waals surface area contributed by atoms with Gasteiger partial charge in [0.2, 0.25) is 23.6 Å². The number of carbonyl (C=O) groups is 6. The van der Waals surface area contributed by atoms with Gasteiger partial charge in [-0.15, -0.1) is 0 Å². The second-order valence-electron chi connectivity index (χ2n) is 16.2. The molecule has 2 heterocycles. The number of amides is 4. The van der Waals surface area contributed by atoms with Gasteiger partial charge in [-0.2, -0.15) is 0 Å². The first-order valence-electron chi connectivity index (χ1n) is 20.3. The van der Waals surface area contributed by atoms with Crippen LogP contribution in [0.15, 0.2) is 24.3 Å². The summed E-state index contributed by atoms with van der Waals surface area (Å²) in [6, 6.07) is 4.50. The van der Waals surface area contributed by atoms with Crippen LogP contribution in [0.5, 0.6) is 0 Å². The number of esters is 1. The fourth-order valence-corrected chi connectivity index (χ4v) is 8.25. The molecule has 5 N–H and O–H groups in total. The van der Waals surface area contributed by atoms with Crippen LogP contribution in [0.1, 0.15) is 85.6 Å². The molecule has 0 aromatic heterocycles. The van der Waals surface area contributed by atoms with Gasteiger partial charge in [-0.25, -0.2) is 4.79 Å². The Hall–Kier alpha value is -4.28. The second-order valence-corrected chi connectivity index (χ2v) is 16.2. The molecule has 9 atom stereocenters. The van der Waals surface area contributed by atoms with Gasteiger partial charge in [0.1, 0.15) is 12.1 Å². The number of nitrogens with one attached hydrogen (secondary N) is 2. The third kappa shape index (κ3) is 12.6. The molecule has 0 bridgehead atoms. The van der Waals surface area contributed by atoms with Crippen LogP contribution in [0, 0.1) is 17.8 Å². The second kappa shape index (κ2) is 23.3. The van der Waals surface area contributed by atoms with Gasteiger partial charge in [0.05, 0.1) is 49.3 Å². The number of methoxy groups -OCH3 is 3. The Bertz CT molecular complexity index is 1510. The highest BCUT2D eigenvalue weighted by atomic mass is 16.5. The van der Waals surface area contributed by atoms with E-state index in [-0.39, 0.29) is 48.9 Å². The lowest BCUT2D eigenvalue weighted by Gasteiger charge is -2.41. The molecule has 2 saturated heterocycles. The van der Waals surface area contributed by atoms with Gasteiger partial charge in [-0.3, -0.25) is 28.9 Å². The fraction of sp³-hybridized carbons (Fsp3) is 0.714. The number of nitrogens with two attached hydrogens (primary N) is 1. The lowest BCUT2D eigenvalue weighted by atomic mass is 9.89. The number of anilines is 1. The number of likely N-dealkylation sites (tertiary alicyclic amines) is 2. The Labute approximate surface area is 344 Å². The zero-order chi connectivity index (χ0) is 43.9. The average Bonchev–Trinajstić information content (AvgIpc) is 3.83. The molecular weight excluding hydrogens is 748 g/mol. The minimum atomic E-state index is -0.933. The van der Waals surface area contributed by atoms with E-state index in [2.05, 4.69) is 10.6 Å². The molecule has 2 fully saturated rings. The van der Waals surface area contributed by atoms with Crippen molar-refractivity contribution >= 4 is 41.8 Å². The average molecular weight is 819 g/mol. The summed E-state index contributed by atoms with van der Waals surface area (Å²) in [5.41, 5.74) is 6.53. The topological polar surface area (TPSA) is 210 Å². The number of hydrogen-bond donors (Lipinski definition) is 4. The van der Waals surface area contributed by atoms with Crippen LogP contribution in [0.3, 0.4) is 0 Å². The summed E-state index contributed by atoms with van der Waals surface area (Å²) in [5.74, 6) is -2.46. The van der Waals surface area contributed by atoms with E-state index in [0.29, 0.717) is 18.7 Å². The SMILES string of the molecule is CC[C@H](C)[C@@H]([C@@H](CC(=O)N1CCC[C@H]1[C@H](OC)[C@@H](C)C(=O)N[C@@H](Cc1ccc(N)cc1)C(=O)OC)OC)N(C)C(=O)[C@@H](NC(=O)[C@@]1(C)CCCN1C)C(C)C.O=CO. The molecule has 58 heavy (non-hydrogen) atoms. The number of ether oxygens (including phenoxy) is 3. The van der Waals surface area contributed by atoms with E-state index >= 15 is 0 Å². The maximum atomic E-state index is 14.3. The maximum Gasteiger partial charge on any atom is 0.328 e. The molecule has 16 heteroatoms. The van der Waals surface area contributed by atoms with Crippen molar-refractivity contribution in [3.63, 3.8) is 0 Å². The molecule has 328 valence electrons. The summed E-state index contributed by atoms with van der Waals surface area (Å²) in [7, 11) is 8.02. The molecule has 3 rings (SSSR count). The summed E-state index contributed by atoms with van der Waals surface area (Å²) in [6.07, 6.45) is 2.63. The smallest absolute Gasteiger partial charge is 0.328 e. The van der Waals surface area contributed by atoms with Gasteiger partial charge >= 0.3 is 5.97 Å². The Morgan fingerprint density at radius 3 is 2.14 bits per heavy atom. The van der Waals surface area contributed by atoms with Crippen LogP contribution < -0.4 is 16.4 Å². The Morgan fingerprint density at radius 1 is 1.02 bits per heavy atom. The zero-order valence-electron chi connectivity index (χ0n) is 36.5. The molecule has 4 amide bonds. The van der Waals surface area contributed by atoms with Crippen molar-refractivity contribution in [3.8, 4) is 0 Å². The van der Waals surface area contributed by atoms with Crippen molar-refractivity contribution in [1.82, 2.24) is 25.3 Å². The number of benzene rings is 1. The zero-order valence-corrected chi connectivity index (χ0v) is 36.5. The lowest BCUT2D eigenvalue weighted by Crippen LogP contribution is -2.61. The van der Waals surface area contributed by atoms with E-state index in [1.54, 1.807) is 55.1 Å². The fourth-order valence-electron chi connectivity index (χ4n) is 8.25. The number of nitrogens with zero attached hydrogens (tertiary/aromatic N) is 3. The van der Waals surface area contributed by atoms with E-state index in [4.69, 9.17) is 29.8 Å². The summed E-state index contributed by atoms with van der Waals surface area (Å²) >= 11 is 0. The predicted molar refractivity (Wildman–Crippen MR) is 220 cm³/mol. The van der Waals surface area contributed by atoms with E-state index in [0.717, 1.165) is 37.8 Å². The van der Waals surface area contributed by atoms with Crippen LogP contribution in [0.25, 0.3) is 0 Å². The molecule has 1 aromatic rings. The van der Waals surface area contributed by atoms with Gasteiger partial charge in [0.15, 0.2) is 0 Å². The largest absolute Gasteiger partial charge is 0.483 e. The molecule has 0 unspecified atom stereocenters. The van der Waals surface area contributed by atoms with Crippen molar-refractivity contribution in [2.45, 2.75) is 128 Å². The number of rotatable bonds is 19. The highest BCUT2D eigenvalue weighted by Gasteiger charge is 2.45. The van der Waals surface area contributed by atoms with Crippen molar-refractivity contribution in [2.24, 2.45) is 17.8 Å². The van der Waals surface area contributed by atoms with Crippen molar-refractivity contribution < 1.29 is 48.1 Å². The highest BCUT2D eigenvalue weighted by molar-refractivity contribution is 5.92. The monoisotopic (exact) mass is 819 g/mol. The Kier molecular flexibility index (Phi) is 20.1. The van der Waals surface area contributed by atoms with E-state index < -0.39 is 59.7 Å². The minimum Gasteiger partial charge on any atom is -0.483 e. The highest BCUT2D eigenvalue weighted by Crippen LogP contribution is 2.31. The van der Waals surface area contributed by atoms with Crippen LogP contribution in [-0.4, -0.2) is 146 Å². The minimum absolute atomic E-state index is 0.00418. The van der Waals surface area contributed by atoms with Gasteiger partial charge in [-0.05, 0) is 75.7 Å². The van der Waals surface area contributed by atoms with Crippen molar-refractivity contribution in [1.29, 1.82) is 0 Å². The van der Waals surface area contributed by atoms with E-state index in [1.165, 1.54) is 14.2 Å². The molecular formula is C42H70N6O10. The summed E-state index contributed by atoms with van der Waals surface area (Å²) in [4.78, 5) is 82.3. The van der Waals surface area contributed by atoms with Crippen LogP contribution in [-0.2, 0) is 49.4 Å². The molecule has 0 saturated carbocycles. The number of likely N-dealkylation sites (N-methyl/N-ethyl adjacent to an activating group) is 2. The predicted octanol–water partition coefficient (Wildman–Crippen LogP) is 2.72. The van der Waals surface area contributed by atoms with Crippen molar-refractivity contribution in [3.05, 3.63) is 29.8 Å². The standard InChI is InChI=1S/C41H68N6O8.CH2O2/c1-12-26(4)35(46(8)38(50)34(25(2)3)44-40(52)41(6)20-14-21-45(41)7)32(53-9)24-33(48)47-22-13-15-31(47)36(54-10)27(5)37(49)43-30(39(51)55-11)23-28-16-18-29(42)19-17-28;2-1-3/h16-19,25-27,30-32,34-36H,12-15,20-24,42H2,1-11H3,(H,43,49)(H,44,52);1H,(H,2,3)/t26-,27+,30-,31-,32+,34-,35-,36+,41+;/m0./s1. The van der Waals surface area contributed by atoms with Crippen LogP contribution in [0.4, 0.5) is 5.69 Å². The first kappa shape index (κ1) is 49.9. The Balaban J connectivity index is 0.00000374. The van der Waals surface area contributed by atoms with Crippen molar-refractivity contribution in [2.75, 3.05) is 54.2 Å². The van der Waals surface area contributed by atoms with Gasteiger partial charge in [0, 0.05) is 39.9 Å². The van der Waals surface area contributed by atoms with E-state index in [1.807, 2.05) is 46.6 Å². The maximum absolute atomic E-state index is 14.3. The molecule has 1 aromatic carbocycles. The van der Waals surface area contributed by atoms with E-state index in [9.17, 15) is 24.0 Å². The molecule has 0 spiro atoms. The number of hydrogen-bond acceptors (Lipinski definition) is 11. The first-order valence-corrected chi connectivity index (χ1v) is 20.3. The summed E-state index contributed by atoms with van der Waals surface area (Å²) in [6.45, 7) is 12.6. The number of carboxylic acid groups (broad SMARTS) is 1. The number of carbonyl (C=O) groups excluding carboxylic acids is 5. The normalized spacial score (nSPS) is 21.7. The van der Waals surface area contributed by atoms with Gasteiger partial charge in [-0.1, -0.05) is 53.2 Å². The lowest BCUT2D eigenvalue weighted by molar-refractivity contribution is -0.149. The molecule has 16 nitrogen and oxygen atoms in total. The first-order chi connectivity index (χ1) is 27.4. The Morgan fingerprint density at radius 2 is 1.64 bits per heavy atom.